The molecule has 0 saturated heterocycles. The van der Waals surface area contributed by atoms with E-state index in [1.54, 1.807) is 18.2 Å². The van der Waals surface area contributed by atoms with Crippen LogP contribution in [0.5, 0.6) is 0 Å². The minimum absolute atomic E-state index is 0.346. The fourth-order valence-corrected chi connectivity index (χ4v) is 1.63. The van der Waals surface area contributed by atoms with E-state index < -0.39 is 5.82 Å². The van der Waals surface area contributed by atoms with Gasteiger partial charge >= 0.3 is 0 Å². The lowest BCUT2D eigenvalue weighted by molar-refractivity contribution is 0.102. The monoisotopic (exact) mass is 244 g/mol. The minimum atomic E-state index is -0.398. The summed E-state index contributed by atoms with van der Waals surface area (Å²) in [5, 5.41) is 2.61. The van der Waals surface area contributed by atoms with Crippen molar-refractivity contribution in [2.75, 3.05) is 11.1 Å². The van der Waals surface area contributed by atoms with Crippen molar-refractivity contribution in [2.24, 2.45) is 0 Å². The second-order valence-electron chi connectivity index (χ2n) is 4.06. The number of carbonyl (C=O) groups is 1. The third-order valence-electron chi connectivity index (χ3n) is 2.54. The second-order valence-corrected chi connectivity index (χ2v) is 4.06. The maximum absolute atomic E-state index is 13.0. The van der Waals surface area contributed by atoms with Crippen molar-refractivity contribution in [2.45, 2.75) is 6.92 Å². The number of hydrogen-bond acceptors (Lipinski definition) is 2. The van der Waals surface area contributed by atoms with E-state index in [1.165, 1.54) is 18.2 Å². The molecule has 3 nitrogen and oxygen atoms in total. The zero-order chi connectivity index (χ0) is 13.1. The number of carbonyl (C=O) groups excluding carboxylic acids is 1. The number of nitrogens with one attached hydrogen (secondary N) is 1. The van der Waals surface area contributed by atoms with Gasteiger partial charge in [-0.15, -0.1) is 0 Å². The fourth-order valence-electron chi connectivity index (χ4n) is 1.63. The van der Waals surface area contributed by atoms with Crippen LogP contribution in [-0.4, -0.2) is 5.91 Å². The molecule has 0 aliphatic rings. The molecular weight excluding hydrogens is 231 g/mol. The Morgan fingerprint density at radius 1 is 1.22 bits per heavy atom. The Bertz CT molecular complexity index is 596. The van der Waals surface area contributed by atoms with Crippen molar-refractivity contribution in [1.29, 1.82) is 0 Å². The molecule has 1 amide bonds. The lowest BCUT2D eigenvalue weighted by Crippen LogP contribution is -2.14. The van der Waals surface area contributed by atoms with Gasteiger partial charge in [0.15, 0.2) is 0 Å². The molecule has 0 unspecified atom stereocenters. The summed E-state index contributed by atoms with van der Waals surface area (Å²) >= 11 is 0. The van der Waals surface area contributed by atoms with E-state index in [1.807, 2.05) is 13.0 Å². The zero-order valence-corrected chi connectivity index (χ0v) is 9.91. The van der Waals surface area contributed by atoms with Crippen LogP contribution in [0, 0.1) is 12.7 Å². The lowest BCUT2D eigenvalue weighted by Gasteiger charge is -2.08. The number of benzene rings is 2. The predicted molar refractivity (Wildman–Crippen MR) is 69.9 cm³/mol. The minimum Gasteiger partial charge on any atom is -0.398 e. The first-order valence-electron chi connectivity index (χ1n) is 5.49. The Balaban J connectivity index is 2.24. The molecule has 92 valence electrons. The molecule has 0 bridgehead atoms. The fraction of sp³-hybridized carbons (Fsp3) is 0.0714. The Hall–Kier alpha value is -2.36. The number of rotatable bonds is 2. The molecule has 0 aromatic heterocycles. The highest BCUT2D eigenvalue weighted by atomic mass is 19.1. The summed E-state index contributed by atoms with van der Waals surface area (Å²) in [5.74, 6) is -0.744. The average Bonchev–Trinajstić information content (AvgIpc) is 2.32. The van der Waals surface area contributed by atoms with Gasteiger partial charge in [-0.05, 0) is 37.3 Å². The smallest absolute Gasteiger partial charge is 0.257 e. The van der Waals surface area contributed by atoms with Gasteiger partial charge in [-0.3, -0.25) is 4.79 Å². The van der Waals surface area contributed by atoms with Crippen molar-refractivity contribution in [3.8, 4) is 0 Å². The molecule has 2 aromatic carbocycles. The zero-order valence-electron chi connectivity index (χ0n) is 9.91. The molecule has 2 rings (SSSR count). The molecule has 0 fully saturated rings. The third kappa shape index (κ3) is 2.66. The molecule has 0 radical (unpaired) electrons. The van der Waals surface area contributed by atoms with Crippen molar-refractivity contribution in [1.82, 2.24) is 0 Å². The van der Waals surface area contributed by atoms with E-state index in [0.29, 0.717) is 16.9 Å². The lowest BCUT2D eigenvalue weighted by atomic mass is 10.1. The van der Waals surface area contributed by atoms with E-state index in [4.69, 9.17) is 5.73 Å². The highest BCUT2D eigenvalue weighted by Gasteiger charge is 2.10. The van der Waals surface area contributed by atoms with Crippen molar-refractivity contribution >= 4 is 17.3 Å². The summed E-state index contributed by atoms with van der Waals surface area (Å²) in [6.45, 7) is 1.87. The Kier molecular flexibility index (Phi) is 3.28. The number of halogens is 1. The average molecular weight is 244 g/mol. The number of anilines is 2. The van der Waals surface area contributed by atoms with Gasteiger partial charge in [0.05, 0.1) is 5.56 Å². The van der Waals surface area contributed by atoms with Gasteiger partial charge in [-0.2, -0.15) is 0 Å². The molecule has 0 atom stereocenters. The summed E-state index contributed by atoms with van der Waals surface area (Å²) in [5.41, 5.74) is 7.87. The van der Waals surface area contributed by atoms with Crippen LogP contribution in [0.2, 0.25) is 0 Å². The number of hydrogen-bond donors (Lipinski definition) is 2. The Morgan fingerprint density at radius 2 is 2.00 bits per heavy atom. The molecule has 2 aromatic rings. The van der Waals surface area contributed by atoms with E-state index >= 15 is 0 Å². The SMILES string of the molecule is Cc1ccc(N)c(C(=O)Nc2cccc(F)c2)c1. The van der Waals surface area contributed by atoms with Crippen LogP contribution < -0.4 is 11.1 Å². The summed E-state index contributed by atoms with van der Waals surface area (Å²) < 4.78 is 13.0. The Labute approximate surface area is 104 Å². The van der Waals surface area contributed by atoms with Crippen LogP contribution >= 0.6 is 0 Å². The summed E-state index contributed by atoms with van der Waals surface area (Å²) in [7, 11) is 0. The second kappa shape index (κ2) is 4.87. The molecule has 0 aliphatic heterocycles. The van der Waals surface area contributed by atoms with Crippen LogP contribution in [0.4, 0.5) is 15.8 Å². The predicted octanol–water partition coefficient (Wildman–Crippen LogP) is 2.97. The molecule has 4 heteroatoms. The van der Waals surface area contributed by atoms with Crippen LogP contribution in [0.15, 0.2) is 42.5 Å². The van der Waals surface area contributed by atoms with Gasteiger partial charge in [0, 0.05) is 11.4 Å². The highest BCUT2D eigenvalue weighted by molar-refractivity contribution is 6.07. The normalized spacial score (nSPS) is 10.1. The third-order valence-corrected chi connectivity index (χ3v) is 2.54. The molecule has 3 N–H and O–H groups in total. The van der Waals surface area contributed by atoms with Crippen LogP contribution in [0.25, 0.3) is 0 Å². The van der Waals surface area contributed by atoms with Crippen LogP contribution in [-0.2, 0) is 0 Å². The van der Waals surface area contributed by atoms with E-state index in [9.17, 15) is 9.18 Å². The Morgan fingerprint density at radius 3 is 2.72 bits per heavy atom. The van der Waals surface area contributed by atoms with Crippen LogP contribution in [0.1, 0.15) is 15.9 Å². The first-order chi connectivity index (χ1) is 8.56. The summed E-state index contributed by atoms with van der Waals surface area (Å²) in [4.78, 5) is 12.0. The van der Waals surface area contributed by atoms with Gasteiger partial charge in [0.1, 0.15) is 5.82 Å². The standard InChI is InChI=1S/C14H13FN2O/c1-9-5-6-13(16)12(7-9)14(18)17-11-4-2-3-10(15)8-11/h2-8H,16H2,1H3,(H,17,18). The maximum atomic E-state index is 13.0. The van der Waals surface area contributed by atoms with E-state index in [0.717, 1.165) is 5.56 Å². The molecule has 18 heavy (non-hydrogen) atoms. The molecule has 0 spiro atoms. The number of nitrogen functional groups attached to an aromatic ring is 1. The highest BCUT2D eigenvalue weighted by Crippen LogP contribution is 2.16. The topological polar surface area (TPSA) is 55.1 Å². The molecule has 0 aliphatic carbocycles. The van der Waals surface area contributed by atoms with E-state index in [2.05, 4.69) is 5.32 Å². The van der Waals surface area contributed by atoms with Crippen molar-refractivity contribution in [3.63, 3.8) is 0 Å². The van der Waals surface area contributed by atoms with Gasteiger partial charge in [0.2, 0.25) is 0 Å². The molecule has 0 heterocycles. The number of amides is 1. The first-order valence-corrected chi connectivity index (χ1v) is 5.49. The number of aryl methyl sites for hydroxylation is 1. The largest absolute Gasteiger partial charge is 0.398 e. The molecular formula is C14H13FN2O. The maximum Gasteiger partial charge on any atom is 0.257 e. The van der Waals surface area contributed by atoms with Crippen molar-refractivity contribution in [3.05, 3.63) is 59.4 Å². The van der Waals surface area contributed by atoms with Gasteiger partial charge < -0.3 is 11.1 Å². The van der Waals surface area contributed by atoms with E-state index in [-0.39, 0.29) is 5.91 Å². The van der Waals surface area contributed by atoms with Crippen LogP contribution in [0.3, 0.4) is 0 Å². The van der Waals surface area contributed by atoms with Gasteiger partial charge in [-0.25, -0.2) is 4.39 Å². The first kappa shape index (κ1) is 12.1. The molecule has 0 saturated carbocycles. The quantitative estimate of drug-likeness (QED) is 0.798. The van der Waals surface area contributed by atoms with Gasteiger partial charge in [-0.1, -0.05) is 17.7 Å². The summed E-state index contributed by atoms with van der Waals surface area (Å²) in [6, 6.07) is 10.9. The summed E-state index contributed by atoms with van der Waals surface area (Å²) in [6.07, 6.45) is 0. The number of nitrogens with two attached hydrogens (primary N) is 1. The van der Waals surface area contributed by atoms with Gasteiger partial charge in [0.25, 0.3) is 5.91 Å². The van der Waals surface area contributed by atoms with Crippen molar-refractivity contribution < 1.29 is 9.18 Å².